The van der Waals surface area contributed by atoms with Gasteiger partial charge in [-0.25, -0.2) is 15.0 Å². The number of nitrogens with zero attached hydrogens (tertiary/aromatic N) is 6. The van der Waals surface area contributed by atoms with Gasteiger partial charge in [-0.05, 0) is 31.5 Å². The molecule has 118 valence electrons. The Morgan fingerprint density at radius 2 is 2.09 bits per heavy atom. The minimum absolute atomic E-state index is 0.535. The molecular formula is C16H18N6S. The van der Waals surface area contributed by atoms with Crippen molar-refractivity contribution in [1.29, 1.82) is 0 Å². The highest BCUT2D eigenvalue weighted by Crippen LogP contribution is 2.24. The molecule has 0 bridgehead atoms. The fourth-order valence-corrected chi connectivity index (χ4v) is 3.79. The molecule has 4 heterocycles. The van der Waals surface area contributed by atoms with Crippen LogP contribution in [-0.4, -0.2) is 42.2 Å². The molecule has 0 saturated carbocycles. The van der Waals surface area contributed by atoms with E-state index in [1.54, 1.807) is 23.7 Å². The van der Waals surface area contributed by atoms with Crippen LogP contribution in [0.25, 0.3) is 10.8 Å². The maximum Gasteiger partial charge on any atom is 0.188 e. The molecule has 1 aliphatic rings. The third-order valence-corrected chi connectivity index (χ3v) is 5.02. The number of hydrogen-bond acceptors (Lipinski definition) is 6. The zero-order valence-corrected chi connectivity index (χ0v) is 13.6. The summed E-state index contributed by atoms with van der Waals surface area (Å²) in [5.41, 5.74) is 1.10. The molecular weight excluding hydrogens is 308 g/mol. The highest BCUT2D eigenvalue weighted by Gasteiger charge is 2.25. The van der Waals surface area contributed by atoms with Crippen molar-refractivity contribution in [2.75, 3.05) is 6.54 Å². The van der Waals surface area contributed by atoms with Crippen molar-refractivity contribution in [3.8, 4) is 10.8 Å². The fraction of sp³-hybridized carbons (Fsp3) is 0.375. The van der Waals surface area contributed by atoms with Crippen LogP contribution in [0.5, 0.6) is 0 Å². The second kappa shape index (κ2) is 6.55. The summed E-state index contributed by atoms with van der Waals surface area (Å²) in [6.07, 6.45) is 9.84. The molecule has 3 aromatic heterocycles. The first-order valence-electron chi connectivity index (χ1n) is 7.82. The van der Waals surface area contributed by atoms with E-state index < -0.39 is 0 Å². The van der Waals surface area contributed by atoms with E-state index in [9.17, 15) is 0 Å². The summed E-state index contributed by atoms with van der Waals surface area (Å²) >= 11 is 1.61. The maximum absolute atomic E-state index is 4.70. The number of rotatable bonds is 5. The number of thiazole rings is 1. The highest BCUT2D eigenvalue weighted by molar-refractivity contribution is 7.13. The molecule has 1 fully saturated rings. The molecule has 0 amide bonds. The molecule has 0 radical (unpaired) electrons. The topological polar surface area (TPSA) is 59.7 Å². The summed E-state index contributed by atoms with van der Waals surface area (Å²) < 4.78 is 2.02. The van der Waals surface area contributed by atoms with Gasteiger partial charge >= 0.3 is 0 Å². The summed E-state index contributed by atoms with van der Waals surface area (Å²) in [5, 5.41) is 7.34. The zero-order valence-electron chi connectivity index (χ0n) is 12.7. The van der Waals surface area contributed by atoms with E-state index in [0.717, 1.165) is 30.3 Å². The Kier molecular flexibility index (Phi) is 4.12. The molecule has 1 saturated heterocycles. The monoisotopic (exact) mass is 326 g/mol. The largest absolute Gasteiger partial charge is 0.293 e. The van der Waals surface area contributed by atoms with Crippen molar-refractivity contribution in [3.63, 3.8) is 0 Å². The maximum atomic E-state index is 4.70. The van der Waals surface area contributed by atoms with Crippen LogP contribution in [0, 0.1) is 0 Å². The summed E-state index contributed by atoms with van der Waals surface area (Å²) in [6, 6.07) is 4.33. The van der Waals surface area contributed by atoms with E-state index in [1.165, 1.54) is 12.8 Å². The predicted octanol–water partition coefficient (Wildman–Crippen LogP) is 2.46. The van der Waals surface area contributed by atoms with Crippen molar-refractivity contribution >= 4 is 11.3 Å². The minimum atomic E-state index is 0.535. The lowest BCUT2D eigenvalue weighted by Crippen LogP contribution is -2.32. The van der Waals surface area contributed by atoms with Gasteiger partial charge in [0.05, 0.1) is 12.2 Å². The molecule has 3 aromatic rings. The number of likely N-dealkylation sites (tertiary alicyclic amines) is 1. The highest BCUT2D eigenvalue weighted by atomic mass is 32.1. The normalized spacial score (nSPS) is 18.5. The Morgan fingerprint density at radius 3 is 2.91 bits per heavy atom. The molecule has 0 unspecified atom stereocenters. The van der Waals surface area contributed by atoms with E-state index in [2.05, 4.69) is 25.3 Å². The third kappa shape index (κ3) is 3.30. The van der Waals surface area contributed by atoms with E-state index in [0.29, 0.717) is 11.9 Å². The molecule has 6 nitrogen and oxygen atoms in total. The third-order valence-electron chi connectivity index (χ3n) is 4.13. The molecule has 0 aliphatic carbocycles. The Bertz CT molecular complexity index is 739. The van der Waals surface area contributed by atoms with Crippen molar-refractivity contribution in [2.45, 2.75) is 32.0 Å². The van der Waals surface area contributed by atoms with Crippen LogP contribution in [0.2, 0.25) is 0 Å². The van der Waals surface area contributed by atoms with Crippen LogP contribution >= 0.6 is 11.3 Å². The average molecular weight is 326 g/mol. The van der Waals surface area contributed by atoms with E-state index >= 15 is 0 Å². The Hall–Kier alpha value is -2.12. The van der Waals surface area contributed by atoms with Gasteiger partial charge in [0.2, 0.25) is 0 Å². The minimum Gasteiger partial charge on any atom is -0.293 e. The lowest BCUT2D eigenvalue weighted by Gasteiger charge is -2.23. The van der Waals surface area contributed by atoms with Crippen LogP contribution in [0.15, 0.2) is 42.3 Å². The molecule has 0 spiro atoms. The molecule has 0 N–H and O–H groups in total. The summed E-state index contributed by atoms with van der Waals surface area (Å²) in [7, 11) is 0. The van der Waals surface area contributed by atoms with Crippen molar-refractivity contribution in [1.82, 2.24) is 29.6 Å². The van der Waals surface area contributed by atoms with Gasteiger partial charge in [-0.2, -0.15) is 5.10 Å². The van der Waals surface area contributed by atoms with Crippen LogP contribution in [0.4, 0.5) is 0 Å². The molecule has 7 heteroatoms. The van der Waals surface area contributed by atoms with E-state index in [4.69, 9.17) is 4.98 Å². The van der Waals surface area contributed by atoms with Gasteiger partial charge in [-0.15, -0.1) is 11.3 Å². The van der Waals surface area contributed by atoms with E-state index in [1.807, 2.05) is 29.2 Å². The van der Waals surface area contributed by atoms with Crippen molar-refractivity contribution in [3.05, 3.63) is 48.0 Å². The Morgan fingerprint density at radius 1 is 1.17 bits per heavy atom. The quantitative estimate of drug-likeness (QED) is 0.721. The standard InChI is InChI=1S/C16H18N6S/c1-4-14(11-22-9-3-7-19-22)21(8-1)10-13-12-23-16(20-13)15-17-5-2-6-18-15/h2-3,5-7,9,12,14H,1,4,8,10-11H2/t14-/m0/s1. The van der Waals surface area contributed by atoms with Crippen LogP contribution in [0.3, 0.4) is 0 Å². The summed E-state index contributed by atoms with van der Waals surface area (Å²) in [4.78, 5) is 15.8. The van der Waals surface area contributed by atoms with Gasteiger partial charge in [0.1, 0.15) is 0 Å². The second-order valence-electron chi connectivity index (χ2n) is 5.71. The van der Waals surface area contributed by atoms with Crippen molar-refractivity contribution < 1.29 is 0 Å². The molecule has 1 aliphatic heterocycles. The second-order valence-corrected chi connectivity index (χ2v) is 6.57. The Balaban J connectivity index is 1.44. The number of aromatic nitrogens is 5. The van der Waals surface area contributed by atoms with Gasteiger partial charge < -0.3 is 0 Å². The lowest BCUT2D eigenvalue weighted by atomic mass is 10.2. The van der Waals surface area contributed by atoms with Gasteiger partial charge in [0, 0.05) is 42.8 Å². The van der Waals surface area contributed by atoms with Crippen LogP contribution < -0.4 is 0 Å². The van der Waals surface area contributed by atoms with Gasteiger partial charge in [0.25, 0.3) is 0 Å². The molecule has 23 heavy (non-hydrogen) atoms. The number of hydrogen-bond donors (Lipinski definition) is 0. The smallest absolute Gasteiger partial charge is 0.188 e. The van der Waals surface area contributed by atoms with Crippen LogP contribution in [-0.2, 0) is 13.1 Å². The average Bonchev–Trinajstić information content (AvgIpc) is 3.33. The van der Waals surface area contributed by atoms with Gasteiger partial charge in [-0.1, -0.05) is 0 Å². The predicted molar refractivity (Wildman–Crippen MR) is 88.8 cm³/mol. The van der Waals surface area contributed by atoms with Gasteiger partial charge in [-0.3, -0.25) is 9.58 Å². The van der Waals surface area contributed by atoms with Crippen LogP contribution in [0.1, 0.15) is 18.5 Å². The lowest BCUT2D eigenvalue weighted by molar-refractivity contribution is 0.217. The molecule has 4 rings (SSSR count). The van der Waals surface area contributed by atoms with Gasteiger partial charge in [0.15, 0.2) is 10.8 Å². The Labute approximate surface area is 138 Å². The SMILES string of the molecule is c1cnc(-c2nc(CN3CCC[C@H]3Cn3cccn3)cs2)nc1. The molecule has 0 aromatic carbocycles. The zero-order chi connectivity index (χ0) is 15.5. The first-order valence-corrected chi connectivity index (χ1v) is 8.70. The first kappa shape index (κ1) is 14.5. The fourth-order valence-electron chi connectivity index (χ4n) is 3.03. The summed E-state index contributed by atoms with van der Waals surface area (Å²) in [5.74, 6) is 0.707. The summed E-state index contributed by atoms with van der Waals surface area (Å²) in [6.45, 7) is 2.96. The molecule has 1 atom stereocenters. The first-order chi connectivity index (χ1) is 11.4. The van der Waals surface area contributed by atoms with E-state index in [-0.39, 0.29) is 0 Å². The van der Waals surface area contributed by atoms with Crippen molar-refractivity contribution in [2.24, 2.45) is 0 Å².